The predicted molar refractivity (Wildman–Crippen MR) is 156 cm³/mol. The highest BCUT2D eigenvalue weighted by molar-refractivity contribution is 7.88. The van der Waals surface area contributed by atoms with Gasteiger partial charge in [-0.05, 0) is 55.5 Å². The smallest absolute Gasteiger partial charge is 0.251 e. The Morgan fingerprint density at radius 1 is 0.769 bits per heavy atom. The Kier molecular flexibility index (Phi) is 8.47. The Morgan fingerprint density at radius 3 is 2.05 bits per heavy atom. The summed E-state index contributed by atoms with van der Waals surface area (Å²) in [5.41, 5.74) is 1.93. The molecule has 4 aromatic rings. The van der Waals surface area contributed by atoms with E-state index in [0.29, 0.717) is 28.6 Å². The highest BCUT2D eigenvalue weighted by Crippen LogP contribution is 2.28. The average Bonchev–Trinajstić information content (AvgIpc) is 2.88. The highest BCUT2D eigenvalue weighted by Gasteiger charge is 2.24. The molecule has 0 spiro atoms. The molecule has 8 heteroatoms. The summed E-state index contributed by atoms with van der Waals surface area (Å²) < 4.78 is 28.3. The fraction of sp³-hybridized carbons (Fsp3) is 0.226. The molecule has 39 heavy (non-hydrogen) atoms. The second-order valence-corrected chi connectivity index (χ2v) is 12.2. The van der Waals surface area contributed by atoms with Crippen molar-refractivity contribution in [3.05, 3.63) is 114 Å². The third-order valence-corrected chi connectivity index (χ3v) is 7.63. The lowest BCUT2D eigenvalue weighted by molar-refractivity contribution is -0.118. The molecular weight excluding hydrogens is 510 g/mol. The second-order valence-electron chi connectivity index (χ2n) is 10.5. The van der Waals surface area contributed by atoms with Crippen molar-refractivity contribution in [2.45, 2.75) is 44.5 Å². The number of nitrogens with one attached hydrogen (secondary N) is 3. The number of sulfonamides is 1. The van der Waals surface area contributed by atoms with Crippen LogP contribution in [0.4, 0.5) is 5.69 Å². The van der Waals surface area contributed by atoms with Gasteiger partial charge in [-0.3, -0.25) is 9.59 Å². The first-order valence-electron chi connectivity index (χ1n) is 12.7. The Balaban J connectivity index is 1.61. The molecule has 0 aliphatic heterocycles. The number of benzene rings is 4. The largest absolute Gasteiger partial charge is 0.340 e. The van der Waals surface area contributed by atoms with Crippen LogP contribution >= 0.6 is 0 Å². The van der Waals surface area contributed by atoms with E-state index in [1.807, 2.05) is 48.5 Å². The van der Waals surface area contributed by atoms with Crippen LogP contribution in [0.25, 0.3) is 10.8 Å². The first kappa shape index (κ1) is 28.0. The van der Waals surface area contributed by atoms with Gasteiger partial charge < -0.3 is 10.6 Å². The topological polar surface area (TPSA) is 104 Å². The zero-order chi connectivity index (χ0) is 28.0. The van der Waals surface area contributed by atoms with Crippen LogP contribution in [-0.2, 0) is 27.0 Å². The Hall–Kier alpha value is -4.01. The van der Waals surface area contributed by atoms with E-state index in [2.05, 4.69) is 15.4 Å². The van der Waals surface area contributed by atoms with Crippen LogP contribution in [-0.4, -0.2) is 31.8 Å². The SMILES string of the molecule is CC(C)(C)NS(=O)(=O)Cc1cccc2c(NC(=O)C(Cc3ccccc3)NC(=O)c3ccccc3)cccc12. The molecule has 0 bridgehead atoms. The molecule has 0 radical (unpaired) electrons. The predicted octanol–water partition coefficient (Wildman–Crippen LogP) is 5.04. The Labute approximate surface area is 229 Å². The normalized spacial score (nSPS) is 12.6. The average molecular weight is 544 g/mol. The summed E-state index contributed by atoms with van der Waals surface area (Å²) >= 11 is 0. The van der Waals surface area contributed by atoms with Crippen LogP contribution in [0.2, 0.25) is 0 Å². The van der Waals surface area contributed by atoms with E-state index in [1.54, 1.807) is 69.3 Å². The lowest BCUT2D eigenvalue weighted by atomic mass is 10.0. The summed E-state index contributed by atoms with van der Waals surface area (Å²) in [6.07, 6.45) is 0.304. The first-order valence-corrected chi connectivity index (χ1v) is 14.4. The van der Waals surface area contributed by atoms with Crippen molar-refractivity contribution in [1.82, 2.24) is 10.0 Å². The molecule has 0 fully saturated rings. The molecule has 0 saturated heterocycles. The van der Waals surface area contributed by atoms with Crippen molar-refractivity contribution in [3.63, 3.8) is 0 Å². The minimum absolute atomic E-state index is 0.192. The fourth-order valence-corrected chi connectivity index (χ4v) is 6.09. The summed E-state index contributed by atoms with van der Waals surface area (Å²) in [5, 5.41) is 7.28. The molecule has 4 aromatic carbocycles. The Bertz CT molecular complexity index is 1560. The summed E-state index contributed by atoms with van der Waals surface area (Å²) in [6, 6.07) is 28.2. The van der Waals surface area contributed by atoms with Crippen molar-refractivity contribution in [2.75, 3.05) is 5.32 Å². The summed E-state index contributed by atoms with van der Waals surface area (Å²) in [5.74, 6) is -0.908. The lowest BCUT2D eigenvalue weighted by Gasteiger charge is -2.21. The number of hydrogen-bond donors (Lipinski definition) is 3. The van der Waals surface area contributed by atoms with Gasteiger partial charge in [-0.15, -0.1) is 0 Å². The Morgan fingerprint density at radius 2 is 1.38 bits per heavy atom. The number of amides is 2. The molecule has 2 amide bonds. The second kappa shape index (κ2) is 11.8. The molecule has 0 saturated carbocycles. The van der Waals surface area contributed by atoms with Crippen molar-refractivity contribution in [1.29, 1.82) is 0 Å². The van der Waals surface area contributed by atoms with Gasteiger partial charge in [0.25, 0.3) is 5.91 Å². The number of rotatable bonds is 9. The monoisotopic (exact) mass is 543 g/mol. The molecule has 0 aliphatic carbocycles. The molecule has 202 valence electrons. The first-order chi connectivity index (χ1) is 18.5. The standard InChI is InChI=1S/C31H33N3O4S/c1-31(2,3)34-39(37,38)21-24-16-10-18-26-25(24)17-11-19-27(26)32-30(36)28(20-22-12-6-4-7-13-22)33-29(35)23-14-8-5-9-15-23/h4-19,28,34H,20-21H2,1-3H3,(H,32,36)(H,33,35). The number of carbonyl (C=O) groups is 2. The van der Waals surface area contributed by atoms with Gasteiger partial charge in [0.2, 0.25) is 15.9 Å². The van der Waals surface area contributed by atoms with E-state index in [-0.39, 0.29) is 17.6 Å². The summed E-state index contributed by atoms with van der Waals surface area (Å²) in [6.45, 7) is 5.39. The van der Waals surface area contributed by atoms with Crippen LogP contribution in [0, 0.1) is 0 Å². The quantitative estimate of drug-likeness (QED) is 0.275. The van der Waals surface area contributed by atoms with Gasteiger partial charge in [0.15, 0.2) is 0 Å². The van der Waals surface area contributed by atoms with Gasteiger partial charge in [-0.1, -0.05) is 78.9 Å². The minimum atomic E-state index is -3.59. The van der Waals surface area contributed by atoms with Gasteiger partial charge in [0.05, 0.1) is 5.75 Å². The third-order valence-electron chi connectivity index (χ3n) is 6.02. The molecule has 0 heterocycles. The van der Waals surface area contributed by atoms with Gasteiger partial charge in [-0.25, -0.2) is 13.1 Å². The van der Waals surface area contributed by atoms with Gasteiger partial charge in [-0.2, -0.15) is 0 Å². The molecule has 0 aliphatic rings. The number of fused-ring (bicyclic) bond motifs is 1. The van der Waals surface area contributed by atoms with Crippen LogP contribution in [0.1, 0.15) is 42.3 Å². The van der Waals surface area contributed by atoms with Crippen LogP contribution < -0.4 is 15.4 Å². The van der Waals surface area contributed by atoms with Crippen LogP contribution in [0.3, 0.4) is 0 Å². The molecule has 1 atom stereocenters. The molecule has 0 aromatic heterocycles. The van der Waals surface area contributed by atoms with Gasteiger partial charge in [0, 0.05) is 28.6 Å². The minimum Gasteiger partial charge on any atom is -0.340 e. The highest BCUT2D eigenvalue weighted by atomic mass is 32.2. The van der Waals surface area contributed by atoms with Crippen LogP contribution in [0.5, 0.6) is 0 Å². The summed E-state index contributed by atoms with van der Waals surface area (Å²) in [7, 11) is -3.59. The fourth-order valence-electron chi connectivity index (χ4n) is 4.43. The maximum absolute atomic E-state index is 13.6. The maximum atomic E-state index is 13.6. The van der Waals surface area contributed by atoms with Gasteiger partial charge in [0.1, 0.15) is 6.04 Å². The lowest BCUT2D eigenvalue weighted by Crippen LogP contribution is -2.45. The van der Waals surface area contributed by atoms with Crippen molar-refractivity contribution in [2.24, 2.45) is 0 Å². The van der Waals surface area contributed by atoms with Crippen LogP contribution in [0.15, 0.2) is 97.1 Å². The maximum Gasteiger partial charge on any atom is 0.251 e. The number of carbonyl (C=O) groups excluding carboxylic acids is 2. The number of anilines is 1. The van der Waals surface area contributed by atoms with E-state index in [1.165, 1.54) is 0 Å². The van der Waals surface area contributed by atoms with E-state index >= 15 is 0 Å². The molecule has 3 N–H and O–H groups in total. The van der Waals surface area contributed by atoms with Crippen molar-refractivity contribution < 1.29 is 18.0 Å². The van der Waals surface area contributed by atoms with Crippen molar-refractivity contribution in [3.8, 4) is 0 Å². The third kappa shape index (κ3) is 7.75. The molecular formula is C31H33N3O4S. The van der Waals surface area contributed by atoms with E-state index in [0.717, 1.165) is 10.9 Å². The zero-order valence-corrected chi connectivity index (χ0v) is 23.1. The summed E-state index contributed by atoms with van der Waals surface area (Å²) in [4.78, 5) is 26.5. The van der Waals surface area contributed by atoms with E-state index < -0.39 is 21.6 Å². The van der Waals surface area contributed by atoms with Gasteiger partial charge >= 0.3 is 0 Å². The zero-order valence-electron chi connectivity index (χ0n) is 22.3. The van der Waals surface area contributed by atoms with E-state index in [4.69, 9.17) is 0 Å². The van der Waals surface area contributed by atoms with E-state index in [9.17, 15) is 18.0 Å². The molecule has 7 nitrogen and oxygen atoms in total. The van der Waals surface area contributed by atoms with Crippen molar-refractivity contribution >= 4 is 38.3 Å². The molecule has 4 rings (SSSR count). The molecule has 1 unspecified atom stereocenters. The number of hydrogen-bond acceptors (Lipinski definition) is 4.